The zero-order chi connectivity index (χ0) is 44.8. The molecule has 0 atom stereocenters. The van der Waals surface area contributed by atoms with Crippen molar-refractivity contribution in [1.29, 1.82) is 0 Å². The fraction of sp³-hybridized carbons (Fsp3) is 0.250. The minimum Gasteiger partial charge on any atom is -0.491 e. The van der Waals surface area contributed by atoms with Crippen LogP contribution in [0, 0.1) is 0 Å². The predicted octanol–water partition coefficient (Wildman–Crippen LogP) is 11.9. The molecule has 336 valence electrons. The molecule has 0 radical (unpaired) electrons. The average Bonchev–Trinajstić information content (AvgIpc) is 3.98. The van der Waals surface area contributed by atoms with Crippen LogP contribution < -0.4 is 9.64 Å². The van der Waals surface area contributed by atoms with Gasteiger partial charge in [-0.15, -0.1) is 0 Å². The van der Waals surface area contributed by atoms with Gasteiger partial charge >= 0.3 is 0 Å². The van der Waals surface area contributed by atoms with Crippen LogP contribution in [0.1, 0.15) is 13.8 Å². The Bertz CT molecular complexity index is 3120. The molecule has 0 saturated carbocycles. The van der Waals surface area contributed by atoms with Gasteiger partial charge in [-0.05, 0) is 111 Å². The number of fused-ring (bicyclic) bond motifs is 9. The lowest BCUT2D eigenvalue weighted by molar-refractivity contribution is 0.0503. The van der Waals surface area contributed by atoms with Gasteiger partial charge in [-0.25, -0.2) is 0 Å². The summed E-state index contributed by atoms with van der Waals surface area (Å²) < 4.78 is 35.9. The molecule has 10 heteroatoms. The summed E-state index contributed by atoms with van der Waals surface area (Å²) in [5.41, 5.74) is 11.1. The second kappa shape index (κ2) is 19.8. The summed E-state index contributed by atoms with van der Waals surface area (Å²) in [6.45, 7) is 10.6. The van der Waals surface area contributed by atoms with E-state index in [4.69, 9.17) is 23.7 Å². The first-order valence-electron chi connectivity index (χ1n) is 23.2. The van der Waals surface area contributed by atoms with Crippen molar-refractivity contribution in [3.63, 3.8) is 0 Å². The molecule has 0 spiro atoms. The predicted molar refractivity (Wildman–Crippen MR) is 269 cm³/mol. The number of para-hydroxylation sites is 3. The Balaban J connectivity index is 1.11. The first-order chi connectivity index (χ1) is 32.7. The third-order valence-corrected chi connectivity index (χ3v) is 12.5. The van der Waals surface area contributed by atoms with Crippen LogP contribution in [0.15, 0.2) is 152 Å². The average molecular weight is 881 g/mol. The van der Waals surface area contributed by atoms with Crippen LogP contribution in [-0.2, 0) is 32.0 Å². The molecule has 0 bridgehead atoms. The van der Waals surface area contributed by atoms with E-state index >= 15 is 0 Å². The van der Waals surface area contributed by atoms with Gasteiger partial charge in [-0.3, -0.25) is 0 Å². The lowest BCUT2D eigenvalue weighted by atomic mass is 10.1. The van der Waals surface area contributed by atoms with Crippen LogP contribution >= 0.6 is 0 Å². The second-order valence-electron chi connectivity index (χ2n) is 16.3. The molecule has 10 nitrogen and oxygen atoms in total. The SMILES string of the molecule is CCOCCOCCn1c2ccccc2c2cc(N(c3ccc4c(c3)c3ccccc3n4CCOCCOCC)c3ccc4c(c3)c3ccccc3n4-c3ccc(OCCO)cc3)ccc21. The lowest BCUT2D eigenvalue weighted by Crippen LogP contribution is -2.11. The zero-order valence-corrected chi connectivity index (χ0v) is 37.7. The molecule has 7 aromatic carbocycles. The summed E-state index contributed by atoms with van der Waals surface area (Å²) in [4.78, 5) is 2.41. The van der Waals surface area contributed by atoms with E-state index < -0.39 is 0 Å². The highest BCUT2D eigenvalue weighted by Gasteiger charge is 2.21. The van der Waals surface area contributed by atoms with E-state index in [2.05, 4.69) is 158 Å². The maximum Gasteiger partial charge on any atom is 0.119 e. The van der Waals surface area contributed by atoms with Gasteiger partial charge in [0, 0.05) is 103 Å². The first-order valence-corrected chi connectivity index (χ1v) is 23.2. The van der Waals surface area contributed by atoms with Crippen molar-refractivity contribution >= 4 is 82.5 Å². The summed E-state index contributed by atoms with van der Waals surface area (Å²) in [6.07, 6.45) is 0. The number of nitrogens with zero attached hydrogens (tertiary/aromatic N) is 4. The highest BCUT2D eigenvalue weighted by molar-refractivity contribution is 6.13. The minimum absolute atomic E-state index is 0.0290. The van der Waals surface area contributed by atoms with Crippen molar-refractivity contribution in [2.75, 3.05) is 71.0 Å². The summed E-state index contributed by atoms with van der Waals surface area (Å²) in [6, 6.07) is 54.7. The normalized spacial score (nSPS) is 11.9. The van der Waals surface area contributed by atoms with Crippen LogP contribution in [0.25, 0.3) is 71.1 Å². The number of aromatic nitrogens is 3. The Morgan fingerprint density at radius 3 is 1.32 bits per heavy atom. The number of anilines is 3. The van der Waals surface area contributed by atoms with Crippen LogP contribution in [-0.4, -0.2) is 84.9 Å². The summed E-state index contributed by atoms with van der Waals surface area (Å²) in [5, 5.41) is 16.4. The molecule has 1 N–H and O–H groups in total. The number of aliphatic hydroxyl groups is 1. The van der Waals surface area contributed by atoms with E-state index in [-0.39, 0.29) is 13.2 Å². The Labute approximate surface area is 384 Å². The number of aliphatic hydroxyl groups excluding tert-OH is 1. The molecule has 0 fully saturated rings. The molecule has 0 unspecified atom stereocenters. The summed E-state index contributed by atoms with van der Waals surface area (Å²) in [7, 11) is 0. The molecule has 0 aliphatic heterocycles. The van der Waals surface area contributed by atoms with Crippen LogP contribution in [0.3, 0.4) is 0 Å². The third kappa shape index (κ3) is 8.38. The molecule has 0 saturated heterocycles. The Morgan fingerprint density at radius 1 is 0.409 bits per heavy atom. The van der Waals surface area contributed by atoms with Crippen LogP contribution in [0.2, 0.25) is 0 Å². The number of ether oxygens (including phenoxy) is 5. The molecular formula is C56H56N4O6. The van der Waals surface area contributed by atoms with Crippen molar-refractivity contribution in [2.24, 2.45) is 0 Å². The molecule has 66 heavy (non-hydrogen) atoms. The minimum atomic E-state index is -0.0290. The smallest absolute Gasteiger partial charge is 0.119 e. The number of hydrogen-bond donors (Lipinski definition) is 1. The number of benzene rings is 7. The molecule has 3 heterocycles. The van der Waals surface area contributed by atoms with Crippen molar-refractivity contribution < 1.29 is 28.8 Å². The third-order valence-electron chi connectivity index (χ3n) is 12.5. The summed E-state index contributed by atoms with van der Waals surface area (Å²) in [5.74, 6) is 0.725. The van der Waals surface area contributed by atoms with E-state index in [9.17, 15) is 5.11 Å². The van der Waals surface area contributed by atoms with E-state index in [1.54, 1.807) is 0 Å². The van der Waals surface area contributed by atoms with Gasteiger partial charge in [-0.1, -0.05) is 54.6 Å². The van der Waals surface area contributed by atoms with Gasteiger partial charge in [0.2, 0.25) is 0 Å². The Hall–Kier alpha value is -6.66. The fourth-order valence-corrected chi connectivity index (χ4v) is 9.56. The molecule has 10 aromatic rings. The van der Waals surface area contributed by atoms with E-state index in [0.29, 0.717) is 52.9 Å². The van der Waals surface area contributed by atoms with Gasteiger partial charge in [0.05, 0.1) is 57.3 Å². The highest BCUT2D eigenvalue weighted by Crippen LogP contribution is 2.43. The molecule has 0 amide bonds. The Morgan fingerprint density at radius 2 is 0.818 bits per heavy atom. The van der Waals surface area contributed by atoms with E-state index in [1.165, 1.54) is 49.0 Å². The van der Waals surface area contributed by atoms with Gasteiger partial charge in [-0.2, -0.15) is 0 Å². The Kier molecular flexibility index (Phi) is 13.0. The van der Waals surface area contributed by atoms with Gasteiger partial charge in [0.1, 0.15) is 12.4 Å². The maximum absolute atomic E-state index is 9.32. The van der Waals surface area contributed by atoms with Crippen molar-refractivity contribution in [3.05, 3.63) is 152 Å². The van der Waals surface area contributed by atoms with Gasteiger partial charge in [0.15, 0.2) is 0 Å². The second-order valence-corrected chi connectivity index (χ2v) is 16.3. The number of hydrogen-bond acceptors (Lipinski definition) is 7. The standard InChI is InChI=1S/C56H56N4O6/c1-3-62-33-35-64-30-27-57-51-14-8-5-11-45(51)48-37-41(19-24-53(48)57)59(42-20-25-54-49(38-42)46-12-6-9-15-52(46)58(54)28-31-65-36-34-63-4-2)43-21-26-56-50(39-43)47-13-7-10-16-55(47)60(56)40-17-22-44(23-18-40)66-32-29-61/h5-26,37-39,61H,3-4,27-36H2,1-2H3. The summed E-state index contributed by atoms with van der Waals surface area (Å²) >= 11 is 0. The van der Waals surface area contributed by atoms with E-state index in [0.717, 1.165) is 58.0 Å². The molecular weight excluding hydrogens is 825 g/mol. The van der Waals surface area contributed by atoms with Crippen LogP contribution in [0.4, 0.5) is 17.1 Å². The van der Waals surface area contributed by atoms with Gasteiger partial charge in [0.25, 0.3) is 0 Å². The fourth-order valence-electron chi connectivity index (χ4n) is 9.56. The quantitative estimate of drug-likeness (QED) is 0.0720. The largest absolute Gasteiger partial charge is 0.491 e. The first kappa shape index (κ1) is 43.2. The topological polar surface area (TPSA) is 84.4 Å². The number of rotatable bonds is 21. The molecule has 0 aliphatic carbocycles. The molecule has 3 aromatic heterocycles. The van der Waals surface area contributed by atoms with Crippen molar-refractivity contribution in [2.45, 2.75) is 26.9 Å². The van der Waals surface area contributed by atoms with Gasteiger partial charge < -0.3 is 47.4 Å². The zero-order valence-electron chi connectivity index (χ0n) is 37.7. The van der Waals surface area contributed by atoms with Crippen LogP contribution in [0.5, 0.6) is 5.75 Å². The van der Waals surface area contributed by atoms with Crippen molar-refractivity contribution in [1.82, 2.24) is 13.7 Å². The van der Waals surface area contributed by atoms with Crippen molar-refractivity contribution in [3.8, 4) is 11.4 Å². The highest BCUT2D eigenvalue weighted by atomic mass is 16.5. The maximum atomic E-state index is 9.32. The molecule has 10 rings (SSSR count). The molecule has 0 aliphatic rings. The lowest BCUT2D eigenvalue weighted by Gasteiger charge is -2.26. The van der Waals surface area contributed by atoms with E-state index in [1.807, 2.05) is 26.0 Å². The monoisotopic (exact) mass is 880 g/mol.